The fraction of sp³-hybridized carbons (Fsp3) is 0.417. The van der Waals surface area contributed by atoms with Gasteiger partial charge in [-0.3, -0.25) is 0 Å². The van der Waals surface area contributed by atoms with Gasteiger partial charge < -0.3 is 10.6 Å². The van der Waals surface area contributed by atoms with Crippen molar-refractivity contribution >= 4 is 27.6 Å². The third-order valence-electron chi connectivity index (χ3n) is 2.48. The highest BCUT2D eigenvalue weighted by atomic mass is 79.9. The molecule has 88 valence electrons. The Morgan fingerprint density at radius 3 is 2.44 bits per heavy atom. The van der Waals surface area contributed by atoms with Crippen LogP contribution < -0.4 is 10.6 Å². The van der Waals surface area contributed by atoms with Crippen molar-refractivity contribution in [3.8, 4) is 0 Å². The second-order valence-corrected chi connectivity index (χ2v) is 4.97. The Bertz CT molecular complexity index is 366. The van der Waals surface area contributed by atoms with Gasteiger partial charge in [-0.25, -0.2) is 4.79 Å². The highest BCUT2D eigenvalue weighted by Crippen LogP contribution is 2.20. The van der Waals surface area contributed by atoms with Gasteiger partial charge in [-0.05, 0) is 40.9 Å². The van der Waals surface area contributed by atoms with Crippen LogP contribution in [0.4, 0.5) is 10.5 Å². The molecular weight excluding hydrogens is 268 g/mol. The minimum atomic E-state index is -0.173. The molecule has 0 aliphatic rings. The SMILES string of the molecule is CC(C)[C@@H](C)NC(=O)Nc1ccccc1Br. The lowest BCUT2D eigenvalue weighted by molar-refractivity contribution is 0.246. The van der Waals surface area contributed by atoms with Crippen LogP contribution in [0, 0.1) is 5.92 Å². The van der Waals surface area contributed by atoms with Gasteiger partial charge in [0, 0.05) is 10.5 Å². The molecule has 1 aromatic carbocycles. The predicted molar refractivity (Wildman–Crippen MR) is 70.6 cm³/mol. The molecule has 0 fully saturated rings. The Balaban J connectivity index is 2.55. The maximum Gasteiger partial charge on any atom is 0.319 e. The van der Waals surface area contributed by atoms with Crippen molar-refractivity contribution in [2.24, 2.45) is 5.92 Å². The smallest absolute Gasteiger partial charge is 0.319 e. The number of hydrogen-bond donors (Lipinski definition) is 2. The number of nitrogens with one attached hydrogen (secondary N) is 2. The monoisotopic (exact) mass is 284 g/mol. The van der Waals surface area contributed by atoms with E-state index >= 15 is 0 Å². The first-order valence-corrected chi connectivity index (χ1v) is 6.12. The number of halogens is 1. The van der Waals surface area contributed by atoms with Crippen molar-refractivity contribution in [3.63, 3.8) is 0 Å². The van der Waals surface area contributed by atoms with E-state index in [1.807, 2.05) is 31.2 Å². The Morgan fingerprint density at radius 2 is 1.88 bits per heavy atom. The molecule has 2 amide bonds. The zero-order valence-corrected chi connectivity index (χ0v) is 11.3. The molecule has 0 aromatic heterocycles. The molecule has 0 aliphatic heterocycles. The zero-order valence-electron chi connectivity index (χ0n) is 9.75. The van der Waals surface area contributed by atoms with Crippen molar-refractivity contribution in [1.82, 2.24) is 5.32 Å². The Kier molecular flexibility index (Phi) is 4.80. The Labute approximate surface area is 105 Å². The molecule has 16 heavy (non-hydrogen) atoms. The normalized spacial score (nSPS) is 12.3. The molecule has 3 nitrogen and oxygen atoms in total. The van der Waals surface area contributed by atoms with Crippen LogP contribution in [-0.4, -0.2) is 12.1 Å². The molecule has 0 saturated heterocycles. The summed E-state index contributed by atoms with van der Waals surface area (Å²) in [6, 6.07) is 7.51. The minimum Gasteiger partial charge on any atom is -0.335 e. The highest BCUT2D eigenvalue weighted by Gasteiger charge is 2.11. The number of carbonyl (C=O) groups is 1. The van der Waals surface area contributed by atoms with Gasteiger partial charge in [-0.2, -0.15) is 0 Å². The fourth-order valence-electron chi connectivity index (χ4n) is 1.09. The summed E-state index contributed by atoms with van der Waals surface area (Å²) in [6.45, 7) is 6.14. The molecule has 4 heteroatoms. The van der Waals surface area contributed by atoms with Gasteiger partial charge in [0.1, 0.15) is 0 Å². The molecule has 2 N–H and O–H groups in total. The van der Waals surface area contributed by atoms with Crippen molar-refractivity contribution in [1.29, 1.82) is 0 Å². The van der Waals surface area contributed by atoms with Crippen molar-refractivity contribution in [2.75, 3.05) is 5.32 Å². The van der Waals surface area contributed by atoms with Crippen LogP contribution in [-0.2, 0) is 0 Å². The van der Waals surface area contributed by atoms with Crippen molar-refractivity contribution < 1.29 is 4.79 Å². The van der Waals surface area contributed by atoms with Crippen LogP contribution in [0.25, 0.3) is 0 Å². The topological polar surface area (TPSA) is 41.1 Å². The molecular formula is C12H17BrN2O. The summed E-state index contributed by atoms with van der Waals surface area (Å²) in [6.07, 6.45) is 0. The van der Waals surface area contributed by atoms with E-state index in [0.29, 0.717) is 5.92 Å². The first-order chi connectivity index (χ1) is 7.50. The number of urea groups is 1. The summed E-state index contributed by atoms with van der Waals surface area (Å²) in [5.41, 5.74) is 0.774. The first-order valence-electron chi connectivity index (χ1n) is 5.32. The molecule has 0 heterocycles. The quantitative estimate of drug-likeness (QED) is 0.875. The van der Waals surface area contributed by atoms with E-state index in [-0.39, 0.29) is 12.1 Å². The van der Waals surface area contributed by atoms with Crippen molar-refractivity contribution in [3.05, 3.63) is 28.7 Å². The van der Waals surface area contributed by atoms with Gasteiger partial charge >= 0.3 is 6.03 Å². The summed E-state index contributed by atoms with van der Waals surface area (Å²) in [4.78, 5) is 11.6. The average Bonchev–Trinajstić information content (AvgIpc) is 2.21. The van der Waals surface area contributed by atoms with Gasteiger partial charge in [0.2, 0.25) is 0 Å². The van der Waals surface area contributed by atoms with Crippen molar-refractivity contribution in [2.45, 2.75) is 26.8 Å². The third-order valence-corrected chi connectivity index (χ3v) is 3.17. The predicted octanol–water partition coefficient (Wildman–Crippen LogP) is 3.62. The van der Waals surface area contributed by atoms with Crippen LogP contribution in [0.15, 0.2) is 28.7 Å². The van der Waals surface area contributed by atoms with E-state index in [2.05, 4.69) is 40.4 Å². The van der Waals surface area contributed by atoms with E-state index in [0.717, 1.165) is 10.2 Å². The van der Waals surface area contributed by atoms with Gasteiger partial charge in [-0.1, -0.05) is 26.0 Å². The molecule has 0 saturated carbocycles. The molecule has 1 rings (SSSR count). The van der Waals surface area contributed by atoms with E-state index in [9.17, 15) is 4.79 Å². The number of rotatable bonds is 3. The van der Waals surface area contributed by atoms with Crippen LogP contribution in [0.3, 0.4) is 0 Å². The summed E-state index contributed by atoms with van der Waals surface area (Å²) >= 11 is 3.38. The largest absolute Gasteiger partial charge is 0.335 e. The molecule has 0 bridgehead atoms. The number of amides is 2. The van der Waals surface area contributed by atoms with Crippen LogP contribution in [0.5, 0.6) is 0 Å². The molecule has 0 aliphatic carbocycles. The van der Waals surface area contributed by atoms with Gasteiger partial charge in [0.25, 0.3) is 0 Å². The maximum absolute atomic E-state index is 11.6. The number of carbonyl (C=O) groups excluding carboxylic acids is 1. The van der Waals surface area contributed by atoms with Gasteiger partial charge in [0.05, 0.1) is 5.69 Å². The van der Waals surface area contributed by atoms with Crippen LogP contribution in [0.2, 0.25) is 0 Å². The third kappa shape index (κ3) is 3.85. The van der Waals surface area contributed by atoms with E-state index in [1.165, 1.54) is 0 Å². The number of benzene rings is 1. The molecule has 0 spiro atoms. The fourth-order valence-corrected chi connectivity index (χ4v) is 1.48. The summed E-state index contributed by atoms with van der Waals surface area (Å²) < 4.78 is 0.877. The van der Waals surface area contributed by atoms with E-state index < -0.39 is 0 Å². The summed E-state index contributed by atoms with van der Waals surface area (Å²) in [5.74, 6) is 0.421. The lowest BCUT2D eigenvalue weighted by Gasteiger charge is -2.18. The Hall–Kier alpha value is -1.03. The second kappa shape index (κ2) is 5.89. The molecule has 0 radical (unpaired) electrons. The molecule has 1 aromatic rings. The summed E-state index contributed by atoms with van der Waals surface area (Å²) in [7, 11) is 0. The first kappa shape index (κ1) is 13.0. The standard InChI is InChI=1S/C12H17BrN2O/c1-8(2)9(3)14-12(16)15-11-7-5-4-6-10(11)13/h4-9H,1-3H3,(H2,14,15,16)/t9-/m1/s1. The highest BCUT2D eigenvalue weighted by molar-refractivity contribution is 9.10. The second-order valence-electron chi connectivity index (χ2n) is 4.11. The lowest BCUT2D eigenvalue weighted by Crippen LogP contribution is -2.39. The zero-order chi connectivity index (χ0) is 12.1. The Morgan fingerprint density at radius 1 is 1.25 bits per heavy atom. The van der Waals surface area contributed by atoms with Gasteiger partial charge in [0.15, 0.2) is 0 Å². The minimum absolute atomic E-state index is 0.155. The number of anilines is 1. The van der Waals surface area contributed by atoms with Crippen LogP contribution in [0.1, 0.15) is 20.8 Å². The van der Waals surface area contributed by atoms with Crippen LogP contribution >= 0.6 is 15.9 Å². The van der Waals surface area contributed by atoms with Gasteiger partial charge in [-0.15, -0.1) is 0 Å². The summed E-state index contributed by atoms with van der Waals surface area (Å²) in [5, 5.41) is 5.68. The van der Waals surface area contributed by atoms with E-state index in [1.54, 1.807) is 0 Å². The average molecular weight is 285 g/mol. The molecule has 0 unspecified atom stereocenters. The number of hydrogen-bond acceptors (Lipinski definition) is 1. The number of para-hydroxylation sites is 1. The lowest BCUT2D eigenvalue weighted by atomic mass is 10.1. The van der Waals surface area contributed by atoms with E-state index in [4.69, 9.17) is 0 Å². The molecule has 1 atom stereocenters. The maximum atomic E-state index is 11.6.